The first-order valence-electron chi connectivity index (χ1n) is 4.70. The van der Waals surface area contributed by atoms with Crippen molar-refractivity contribution in [2.24, 2.45) is 0 Å². The maximum Gasteiger partial charge on any atom is 0.242 e. The van der Waals surface area contributed by atoms with Crippen molar-refractivity contribution in [2.45, 2.75) is 11.0 Å². The zero-order chi connectivity index (χ0) is 13.1. The molecule has 6 nitrogen and oxygen atoms in total. The second-order valence-electron chi connectivity index (χ2n) is 3.37. The number of nitrogens with two attached hydrogens (primary N) is 1. The van der Waals surface area contributed by atoms with Crippen molar-refractivity contribution in [1.29, 1.82) is 0 Å². The van der Waals surface area contributed by atoms with E-state index in [1.807, 2.05) is 0 Å². The highest BCUT2D eigenvalue weighted by atomic mass is 35.5. The maximum atomic E-state index is 11.8. The number of rotatable bonds is 5. The molecule has 1 unspecified atom stereocenters. The Bertz CT molecular complexity index is 492. The predicted octanol–water partition coefficient (Wildman–Crippen LogP) is -0.446. The average molecular weight is 281 g/mol. The summed E-state index contributed by atoms with van der Waals surface area (Å²) in [5.41, 5.74) is 5.58. The topological polar surface area (TPSA) is 113 Å². The molecule has 1 aromatic rings. The molecule has 0 aromatic heterocycles. The van der Waals surface area contributed by atoms with Gasteiger partial charge in [0.15, 0.2) is 0 Å². The number of hydrogen-bond donors (Lipinski definition) is 4. The molecule has 17 heavy (non-hydrogen) atoms. The van der Waals surface area contributed by atoms with Crippen LogP contribution in [0.25, 0.3) is 0 Å². The highest BCUT2D eigenvalue weighted by molar-refractivity contribution is 7.89. The predicted molar refractivity (Wildman–Crippen MR) is 64.1 cm³/mol. The molecule has 0 aliphatic rings. The summed E-state index contributed by atoms with van der Waals surface area (Å²) in [6, 6.07) is 4.06. The number of nitrogens with one attached hydrogen (secondary N) is 1. The standard InChI is InChI=1S/C9H13ClN2O4S/c10-6-1-2-8(11)9(3-6)17(15,16)12-4-7(14)5-13/h1-3,7,12-14H,4-5,11H2. The molecule has 0 spiro atoms. The Morgan fingerprint density at radius 1 is 1.47 bits per heavy atom. The molecule has 0 saturated heterocycles. The lowest BCUT2D eigenvalue weighted by atomic mass is 10.3. The number of anilines is 1. The van der Waals surface area contributed by atoms with Crippen LogP contribution < -0.4 is 10.5 Å². The minimum atomic E-state index is -3.85. The van der Waals surface area contributed by atoms with Crippen LogP contribution in [0.15, 0.2) is 23.1 Å². The summed E-state index contributed by atoms with van der Waals surface area (Å²) in [5.74, 6) is 0. The highest BCUT2D eigenvalue weighted by Gasteiger charge is 2.18. The summed E-state index contributed by atoms with van der Waals surface area (Å²) in [4.78, 5) is -0.157. The van der Waals surface area contributed by atoms with Gasteiger partial charge in [-0.25, -0.2) is 13.1 Å². The van der Waals surface area contributed by atoms with E-state index in [9.17, 15) is 8.42 Å². The van der Waals surface area contributed by atoms with Gasteiger partial charge in [0.1, 0.15) is 4.90 Å². The van der Waals surface area contributed by atoms with Gasteiger partial charge in [0.25, 0.3) is 0 Å². The molecular weight excluding hydrogens is 268 g/mol. The molecular formula is C9H13ClN2O4S. The van der Waals surface area contributed by atoms with Gasteiger partial charge in [0, 0.05) is 11.6 Å². The quantitative estimate of drug-likeness (QED) is 0.546. The van der Waals surface area contributed by atoms with Crippen molar-refractivity contribution < 1.29 is 18.6 Å². The molecule has 96 valence electrons. The van der Waals surface area contributed by atoms with Gasteiger partial charge in [0.2, 0.25) is 10.0 Å². The van der Waals surface area contributed by atoms with Gasteiger partial charge in [-0.1, -0.05) is 11.6 Å². The number of benzene rings is 1. The van der Waals surface area contributed by atoms with Crippen molar-refractivity contribution in [3.63, 3.8) is 0 Å². The van der Waals surface area contributed by atoms with Gasteiger partial charge in [-0.2, -0.15) is 0 Å². The number of hydrogen-bond acceptors (Lipinski definition) is 5. The number of aliphatic hydroxyl groups excluding tert-OH is 2. The largest absolute Gasteiger partial charge is 0.398 e. The van der Waals surface area contributed by atoms with E-state index in [4.69, 9.17) is 27.5 Å². The molecule has 1 aromatic carbocycles. The van der Waals surface area contributed by atoms with Crippen LogP contribution in [0.4, 0.5) is 5.69 Å². The minimum Gasteiger partial charge on any atom is -0.398 e. The molecule has 0 heterocycles. The van der Waals surface area contributed by atoms with Gasteiger partial charge >= 0.3 is 0 Å². The summed E-state index contributed by atoms with van der Waals surface area (Å²) in [7, 11) is -3.85. The van der Waals surface area contributed by atoms with E-state index in [2.05, 4.69) is 4.72 Å². The lowest BCUT2D eigenvalue weighted by Crippen LogP contribution is -2.34. The molecule has 8 heteroatoms. The Kier molecular flexibility index (Phi) is 4.72. The second kappa shape index (κ2) is 5.65. The van der Waals surface area contributed by atoms with Crippen LogP contribution in [0.1, 0.15) is 0 Å². The Labute approximate surface area is 104 Å². The zero-order valence-electron chi connectivity index (χ0n) is 8.80. The molecule has 1 atom stereocenters. The van der Waals surface area contributed by atoms with Crippen molar-refractivity contribution in [3.05, 3.63) is 23.2 Å². The van der Waals surface area contributed by atoms with Crippen LogP contribution in [-0.4, -0.2) is 37.9 Å². The van der Waals surface area contributed by atoms with E-state index in [-0.39, 0.29) is 22.2 Å². The number of aliphatic hydroxyl groups is 2. The number of halogens is 1. The highest BCUT2D eigenvalue weighted by Crippen LogP contribution is 2.22. The van der Waals surface area contributed by atoms with Crippen LogP contribution in [0.5, 0.6) is 0 Å². The molecule has 5 N–H and O–H groups in total. The summed E-state index contributed by atoms with van der Waals surface area (Å²) in [5, 5.41) is 17.9. The monoisotopic (exact) mass is 280 g/mol. The molecule has 0 aliphatic carbocycles. The van der Waals surface area contributed by atoms with Gasteiger partial charge in [-0.3, -0.25) is 0 Å². The van der Waals surface area contributed by atoms with Crippen LogP contribution in [0.2, 0.25) is 5.02 Å². The Hall–Kier alpha value is -0.860. The van der Waals surface area contributed by atoms with Crippen LogP contribution in [-0.2, 0) is 10.0 Å². The maximum absolute atomic E-state index is 11.8. The van der Waals surface area contributed by atoms with Crippen molar-refractivity contribution in [3.8, 4) is 0 Å². The van der Waals surface area contributed by atoms with Crippen LogP contribution in [0, 0.1) is 0 Å². The third-order valence-electron chi connectivity index (χ3n) is 1.98. The number of sulfonamides is 1. The lowest BCUT2D eigenvalue weighted by Gasteiger charge is -2.11. The third-order valence-corrected chi connectivity index (χ3v) is 3.70. The van der Waals surface area contributed by atoms with Crippen LogP contribution in [0.3, 0.4) is 0 Å². The SMILES string of the molecule is Nc1ccc(Cl)cc1S(=O)(=O)NCC(O)CO. The van der Waals surface area contributed by atoms with Crippen molar-refractivity contribution in [1.82, 2.24) is 4.72 Å². The Morgan fingerprint density at radius 2 is 2.12 bits per heavy atom. The molecule has 0 saturated carbocycles. The van der Waals surface area contributed by atoms with E-state index < -0.39 is 22.7 Å². The molecule has 0 radical (unpaired) electrons. The molecule has 1 rings (SSSR count). The fourth-order valence-corrected chi connectivity index (χ4v) is 2.55. The van der Waals surface area contributed by atoms with Gasteiger partial charge in [-0.15, -0.1) is 0 Å². The Morgan fingerprint density at radius 3 is 2.71 bits per heavy atom. The molecule has 0 bridgehead atoms. The van der Waals surface area contributed by atoms with Gasteiger partial charge in [-0.05, 0) is 18.2 Å². The molecule has 0 aliphatic heterocycles. The number of nitrogen functional groups attached to an aromatic ring is 1. The smallest absolute Gasteiger partial charge is 0.242 e. The summed E-state index contributed by atoms with van der Waals surface area (Å²) < 4.78 is 25.7. The lowest BCUT2D eigenvalue weighted by molar-refractivity contribution is 0.0988. The first kappa shape index (κ1) is 14.2. The fraction of sp³-hybridized carbons (Fsp3) is 0.333. The molecule has 0 fully saturated rings. The third kappa shape index (κ3) is 3.83. The van der Waals surface area contributed by atoms with Crippen molar-refractivity contribution in [2.75, 3.05) is 18.9 Å². The summed E-state index contributed by atoms with van der Waals surface area (Å²) in [6.07, 6.45) is -1.16. The van der Waals surface area contributed by atoms with E-state index >= 15 is 0 Å². The van der Waals surface area contributed by atoms with E-state index in [0.717, 1.165) is 0 Å². The first-order chi connectivity index (χ1) is 7.86. The van der Waals surface area contributed by atoms with Crippen molar-refractivity contribution >= 4 is 27.3 Å². The van der Waals surface area contributed by atoms with Crippen LogP contribution >= 0.6 is 11.6 Å². The normalized spacial score (nSPS) is 13.6. The molecule has 0 amide bonds. The van der Waals surface area contributed by atoms with Gasteiger partial charge < -0.3 is 15.9 Å². The zero-order valence-corrected chi connectivity index (χ0v) is 10.4. The van der Waals surface area contributed by atoms with E-state index in [1.54, 1.807) is 0 Å². The fourth-order valence-electron chi connectivity index (χ4n) is 1.09. The van der Waals surface area contributed by atoms with Gasteiger partial charge in [0.05, 0.1) is 18.4 Å². The average Bonchev–Trinajstić information content (AvgIpc) is 2.29. The van der Waals surface area contributed by atoms with E-state index in [0.29, 0.717) is 0 Å². The summed E-state index contributed by atoms with van der Waals surface area (Å²) >= 11 is 5.68. The minimum absolute atomic E-state index is 0.0559. The van der Waals surface area contributed by atoms with E-state index in [1.165, 1.54) is 18.2 Å². The Balaban J connectivity index is 2.93. The second-order valence-corrected chi connectivity index (χ2v) is 5.54. The summed E-state index contributed by atoms with van der Waals surface area (Å²) in [6.45, 7) is -0.835. The first-order valence-corrected chi connectivity index (χ1v) is 6.56.